The average Bonchev–Trinajstić information content (AvgIpc) is 2.74. The number of urea groups is 1. The SMILES string of the molecule is CCCCNC(=O)Nc1ccc2c(c1)C=CC(C)(COCc1ccc(OC)cc1)O2. The molecule has 6 nitrogen and oxygen atoms in total. The van der Waals surface area contributed by atoms with Gasteiger partial charge in [0.05, 0.1) is 20.3 Å². The van der Waals surface area contributed by atoms with E-state index in [-0.39, 0.29) is 6.03 Å². The van der Waals surface area contributed by atoms with Gasteiger partial charge in [-0.3, -0.25) is 0 Å². The highest BCUT2D eigenvalue weighted by Crippen LogP contribution is 2.33. The highest BCUT2D eigenvalue weighted by Gasteiger charge is 2.28. The maximum atomic E-state index is 11.9. The van der Waals surface area contributed by atoms with Crippen molar-refractivity contribution in [3.05, 3.63) is 59.7 Å². The molecule has 1 aliphatic rings. The lowest BCUT2D eigenvalue weighted by atomic mass is 10.0. The van der Waals surface area contributed by atoms with Crippen LogP contribution in [0.5, 0.6) is 11.5 Å². The van der Waals surface area contributed by atoms with Crippen LogP contribution < -0.4 is 20.1 Å². The van der Waals surface area contributed by atoms with Gasteiger partial charge in [0.15, 0.2) is 0 Å². The predicted molar refractivity (Wildman–Crippen MR) is 119 cm³/mol. The van der Waals surface area contributed by atoms with Gasteiger partial charge in [0, 0.05) is 17.8 Å². The second-order valence-corrected chi connectivity index (χ2v) is 7.58. The molecule has 0 fully saturated rings. The molecule has 3 rings (SSSR count). The number of amides is 2. The number of benzene rings is 2. The van der Waals surface area contributed by atoms with Gasteiger partial charge in [-0.1, -0.05) is 31.6 Å². The normalized spacial score (nSPS) is 17.0. The van der Waals surface area contributed by atoms with Gasteiger partial charge in [-0.25, -0.2) is 4.79 Å². The molecular formula is C24H30N2O4. The van der Waals surface area contributed by atoms with Gasteiger partial charge in [-0.2, -0.15) is 0 Å². The number of hydrogen-bond donors (Lipinski definition) is 2. The molecule has 2 N–H and O–H groups in total. The fourth-order valence-electron chi connectivity index (χ4n) is 3.13. The smallest absolute Gasteiger partial charge is 0.319 e. The summed E-state index contributed by atoms with van der Waals surface area (Å²) in [6, 6.07) is 13.2. The zero-order valence-corrected chi connectivity index (χ0v) is 17.9. The number of ether oxygens (including phenoxy) is 3. The number of rotatable bonds is 9. The van der Waals surface area contributed by atoms with Gasteiger partial charge >= 0.3 is 6.03 Å². The summed E-state index contributed by atoms with van der Waals surface area (Å²) in [5, 5.41) is 5.70. The maximum Gasteiger partial charge on any atom is 0.319 e. The van der Waals surface area contributed by atoms with Gasteiger partial charge in [0.25, 0.3) is 0 Å². The molecule has 2 aromatic carbocycles. The molecular weight excluding hydrogens is 380 g/mol. The van der Waals surface area contributed by atoms with E-state index in [1.807, 2.05) is 61.5 Å². The number of unbranched alkanes of at least 4 members (excludes halogenated alkanes) is 1. The van der Waals surface area contributed by atoms with Crippen molar-refractivity contribution in [2.45, 2.75) is 38.9 Å². The zero-order valence-electron chi connectivity index (χ0n) is 17.9. The Kier molecular flexibility index (Phi) is 7.36. The van der Waals surface area contributed by atoms with Crippen molar-refractivity contribution in [1.82, 2.24) is 5.32 Å². The van der Waals surface area contributed by atoms with Crippen molar-refractivity contribution in [2.75, 3.05) is 25.6 Å². The van der Waals surface area contributed by atoms with Crippen LogP contribution in [0, 0.1) is 0 Å². The van der Waals surface area contributed by atoms with E-state index in [1.165, 1.54) is 0 Å². The van der Waals surface area contributed by atoms with E-state index in [2.05, 4.69) is 17.6 Å². The summed E-state index contributed by atoms with van der Waals surface area (Å²) in [6.07, 6.45) is 6.02. The van der Waals surface area contributed by atoms with Crippen molar-refractivity contribution < 1.29 is 19.0 Å². The number of anilines is 1. The van der Waals surface area contributed by atoms with Gasteiger partial charge in [0.2, 0.25) is 0 Å². The molecule has 2 aromatic rings. The Morgan fingerprint density at radius 3 is 2.70 bits per heavy atom. The standard InChI is InChI=1S/C24H30N2O4/c1-4-5-14-25-23(27)26-20-8-11-22-19(15-20)12-13-24(2,30-22)17-29-16-18-6-9-21(28-3)10-7-18/h6-13,15H,4-5,14,16-17H2,1-3H3,(H2,25,26,27). The first-order valence-electron chi connectivity index (χ1n) is 10.3. The number of hydrogen-bond acceptors (Lipinski definition) is 4. The summed E-state index contributed by atoms with van der Waals surface area (Å²) in [6.45, 7) is 5.68. The van der Waals surface area contributed by atoms with Gasteiger partial charge in [-0.05, 0) is 55.3 Å². The average molecular weight is 411 g/mol. The third-order valence-corrected chi connectivity index (χ3v) is 4.86. The van der Waals surface area contributed by atoms with E-state index >= 15 is 0 Å². The van der Waals surface area contributed by atoms with Crippen LogP contribution in [0.1, 0.15) is 37.8 Å². The van der Waals surface area contributed by atoms with E-state index in [1.54, 1.807) is 7.11 Å². The molecule has 1 atom stereocenters. The van der Waals surface area contributed by atoms with Crippen LogP contribution >= 0.6 is 0 Å². The van der Waals surface area contributed by atoms with E-state index in [9.17, 15) is 4.79 Å². The van der Waals surface area contributed by atoms with Gasteiger partial charge in [0.1, 0.15) is 17.1 Å². The fraction of sp³-hybridized carbons (Fsp3) is 0.375. The van der Waals surface area contributed by atoms with Crippen molar-refractivity contribution in [3.8, 4) is 11.5 Å². The van der Waals surface area contributed by atoms with Crippen molar-refractivity contribution >= 4 is 17.8 Å². The number of methoxy groups -OCH3 is 1. The van der Waals surface area contributed by atoms with Crippen LogP contribution in [0.4, 0.5) is 10.5 Å². The fourth-order valence-corrected chi connectivity index (χ4v) is 3.13. The second kappa shape index (κ2) is 10.2. The minimum absolute atomic E-state index is 0.194. The molecule has 0 radical (unpaired) electrons. The quantitative estimate of drug-likeness (QED) is 0.571. The first-order valence-corrected chi connectivity index (χ1v) is 10.3. The molecule has 0 saturated heterocycles. The molecule has 0 spiro atoms. The molecule has 1 unspecified atom stereocenters. The van der Waals surface area contributed by atoms with Crippen LogP contribution in [0.25, 0.3) is 6.08 Å². The third-order valence-electron chi connectivity index (χ3n) is 4.86. The Morgan fingerprint density at radius 2 is 1.97 bits per heavy atom. The minimum atomic E-state index is -0.550. The summed E-state index contributed by atoms with van der Waals surface area (Å²) in [4.78, 5) is 11.9. The predicted octanol–water partition coefficient (Wildman–Crippen LogP) is 5.00. The lowest BCUT2D eigenvalue weighted by Crippen LogP contribution is -2.37. The van der Waals surface area contributed by atoms with Crippen molar-refractivity contribution in [1.29, 1.82) is 0 Å². The Morgan fingerprint density at radius 1 is 1.17 bits per heavy atom. The number of nitrogens with one attached hydrogen (secondary N) is 2. The number of carbonyl (C=O) groups excluding carboxylic acids is 1. The lowest BCUT2D eigenvalue weighted by Gasteiger charge is -2.31. The first kappa shape index (κ1) is 21.7. The van der Waals surface area contributed by atoms with Crippen LogP contribution in [0.2, 0.25) is 0 Å². The highest BCUT2D eigenvalue weighted by molar-refractivity contribution is 5.89. The third kappa shape index (κ3) is 6.00. The maximum absolute atomic E-state index is 11.9. The number of carbonyl (C=O) groups is 1. The molecule has 6 heteroatoms. The molecule has 160 valence electrons. The van der Waals surface area contributed by atoms with Crippen LogP contribution in [0.3, 0.4) is 0 Å². The molecule has 30 heavy (non-hydrogen) atoms. The summed E-state index contributed by atoms with van der Waals surface area (Å²) >= 11 is 0. The minimum Gasteiger partial charge on any atom is -0.497 e. The molecule has 1 heterocycles. The Balaban J connectivity index is 1.53. The van der Waals surface area contributed by atoms with E-state index in [0.717, 1.165) is 41.2 Å². The van der Waals surface area contributed by atoms with E-state index in [0.29, 0.717) is 19.8 Å². The summed E-state index contributed by atoms with van der Waals surface area (Å²) < 4.78 is 17.2. The second-order valence-electron chi connectivity index (χ2n) is 7.58. The van der Waals surface area contributed by atoms with E-state index < -0.39 is 5.60 Å². The topological polar surface area (TPSA) is 68.8 Å². The van der Waals surface area contributed by atoms with Crippen LogP contribution in [0.15, 0.2) is 48.5 Å². The lowest BCUT2D eigenvalue weighted by molar-refractivity contribution is 0.00631. The number of fused-ring (bicyclic) bond motifs is 1. The monoisotopic (exact) mass is 410 g/mol. The molecule has 1 aliphatic heterocycles. The molecule has 0 aliphatic carbocycles. The largest absolute Gasteiger partial charge is 0.497 e. The zero-order chi connectivity index (χ0) is 21.4. The molecule has 0 saturated carbocycles. The van der Waals surface area contributed by atoms with Gasteiger partial charge < -0.3 is 24.8 Å². The summed E-state index contributed by atoms with van der Waals surface area (Å²) in [5.41, 5.74) is 2.18. The Labute approximate surface area is 178 Å². The van der Waals surface area contributed by atoms with Crippen LogP contribution in [-0.2, 0) is 11.3 Å². The molecule has 2 amide bonds. The molecule has 0 aromatic heterocycles. The first-order chi connectivity index (χ1) is 14.5. The van der Waals surface area contributed by atoms with Gasteiger partial charge in [-0.15, -0.1) is 0 Å². The van der Waals surface area contributed by atoms with Crippen LogP contribution in [-0.4, -0.2) is 31.9 Å². The molecule has 0 bridgehead atoms. The summed E-state index contributed by atoms with van der Waals surface area (Å²) in [7, 11) is 1.65. The van der Waals surface area contributed by atoms with E-state index in [4.69, 9.17) is 14.2 Å². The van der Waals surface area contributed by atoms with Crippen molar-refractivity contribution in [2.24, 2.45) is 0 Å². The Bertz CT molecular complexity index is 879. The van der Waals surface area contributed by atoms with Crippen molar-refractivity contribution in [3.63, 3.8) is 0 Å². The Hall–Kier alpha value is -2.99. The highest BCUT2D eigenvalue weighted by atomic mass is 16.5. The summed E-state index contributed by atoms with van der Waals surface area (Å²) in [5.74, 6) is 1.60.